The Hall–Kier alpha value is -1.40. The molecule has 0 aromatic heterocycles. The van der Waals surface area contributed by atoms with E-state index in [1.165, 1.54) is 18.9 Å². The second-order valence-corrected chi connectivity index (χ2v) is 4.91. The Morgan fingerprint density at radius 3 is 3.06 bits per heavy atom. The molecule has 2 nitrogen and oxygen atoms in total. The highest BCUT2D eigenvalue weighted by Gasteiger charge is 2.16. The summed E-state index contributed by atoms with van der Waals surface area (Å²) < 4.78 is 13.2. The smallest absolute Gasteiger partial charge is 0.140 e. The lowest BCUT2D eigenvalue weighted by atomic mass is 9.99. The molecule has 3 heteroatoms. The molecule has 0 saturated carbocycles. The molecule has 0 amide bonds. The van der Waals surface area contributed by atoms with E-state index in [-0.39, 0.29) is 5.56 Å². The number of hydrogen-bond donors (Lipinski definition) is 0. The highest BCUT2D eigenvalue weighted by Crippen LogP contribution is 2.18. The molecule has 1 aromatic carbocycles. The zero-order chi connectivity index (χ0) is 12.3. The van der Waals surface area contributed by atoms with Gasteiger partial charge in [0, 0.05) is 13.1 Å². The van der Waals surface area contributed by atoms with Crippen LogP contribution in [-0.2, 0) is 6.54 Å². The van der Waals surface area contributed by atoms with Gasteiger partial charge in [0.1, 0.15) is 11.9 Å². The fraction of sp³-hybridized carbons (Fsp3) is 0.500. The van der Waals surface area contributed by atoms with Gasteiger partial charge in [-0.2, -0.15) is 5.26 Å². The number of nitrogens with zero attached hydrogens (tertiary/aromatic N) is 2. The van der Waals surface area contributed by atoms with E-state index in [2.05, 4.69) is 11.8 Å². The molecule has 90 valence electrons. The van der Waals surface area contributed by atoms with Gasteiger partial charge >= 0.3 is 0 Å². The first-order valence-electron chi connectivity index (χ1n) is 6.10. The quantitative estimate of drug-likeness (QED) is 0.784. The number of hydrogen-bond acceptors (Lipinski definition) is 2. The zero-order valence-electron chi connectivity index (χ0n) is 10.1. The van der Waals surface area contributed by atoms with Gasteiger partial charge in [0.2, 0.25) is 0 Å². The topological polar surface area (TPSA) is 27.0 Å². The van der Waals surface area contributed by atoms with Crippen LogP contribution in [0.3, 0.4) is 0 Å². The Bertz CT molecular complexity index is 436. The minimum Gasteiger partial charge on any atom is -0.299 e. The van der Waals surface area contributed by atoms with Crippen molar-refractivity contribution in [2.24, 2.45) is 5.92 Å². The van der Waals surface area contributed by atoms with Crippen molar-refractivity contribution < 1.29 is 4.39 Å². The number of halogens is 1. The first-order valence-corrected chi connectivity index (χ1v) is 6.10. The standard InChI is InChI=1S/C14H17FN2/c1-11-3-2-6-17(9-11)10-12-4-5-14(15)13(7-12)8-16/h4-5,7,11H,2-3,6,9-10H2,1H3. The van der Waals surface area contributed by atoms with Crippen molar-refractivity contribution in [3.05, 3.63) is 35.1 Å². The molecule has 1 unspecified atom stereocenters. The Labute approximate surface area is 102 Å². The third kappa shape index (κ3) is 3.04. The molecule has 1 fully saturated rings. The number of piperidine rings is 1. The van der Waals surface area contributed by atoms with E-state index in [4.69, 9.17) is 5.26 Å². The van der Waals surface area contributed by atoms with E-state index in [1.807, 2.05) is 6.07 Å². The highest BCUT2D eigenvalue weighted by atomic mass is 19.1. The lowest BCUT2D eigenvalue weighted by Crippen LogP contribution is -2.33. The summed E-state index contributed by atoms with van der Waals surface area (Å²) in [7, 11) is 0. The van der Waals surface area contributed by atoms with Crippen LogP contribution in [0, 0.1) is 23.1 Å². The molecule has 17 heavy (non-hydrogen) atoms. The van der Waals surface area contributed by atoms with Gasteiger partial charge in [-0.25, -0.2) is 4.39 Å². The first-order chi connectivity index (χ1) is 8.19. The van der Waals surface area contributed by atoms with Gasteiger partial charge in [0.25, 0.3) is 0 Å². The summed E-state index contributed by atoms with van der Waals surface area (Å²) in [6, 6.07) is 6.71. The van der Waals surface area contributed by atoms with Crippen LogP contribution in [0.5, 0.6) is 0 Å². The summed E-state index contributed by atoms with van der Waals surface area (Å²) in [6.07, 6.45) is 2.52. The average Bonchev–Trinajstić information content (AvgIpc) is 2.32. The van der Waals surface area contributed by atoms with Gasteiger partial charge in [0.05, 0.1) is 5.56 Å². The monoisotopic (exact) mass is 232 g/mol. The van der Waals surface area contributed by atoms with Gasteiger partial charge in [-0.1, -0.05) is 13.0 Å². The van der Waals surface area contributed by atoms with E-state index in [0.717, 1.165) is 31.1 Å². The van der Waals surface area contributed by atoms with Crippen LogP contribution in [0.1, 0.15) is 30.9 Å². The maximum atomic E-state index is 13.2. The van der Waals surface area contributed by atoms with Crippen LogP contribution in [0.25, 0.3) is 0 Å². The van der Waals surface area contributed by atoms with Crippen LogP contribution < -0.4 is 0 Å². The Morgan fingerprint density at radius 2 is 2.35 bits per heavy atom. The molecule has 1 atom stereocenters. The molecule has 0 bridgehead atoms. The van der Waals surface area contributed by atoms with Crippen molar-refractivity contribution in [1.82, 2.24) is 4.90 Å². The van der Waals surface area contributed by atoms with Crippen molar-refractivity contribution in [3.8, 4) is 6.07 Å². The van der Waals surface area contributed by atoms with Crippen molar-refractivity contribution in [1.29, 1.82) is 5.26 Å². The number of likely N-dealkylation sites (tertiary alicyclic amines) is 1. The Kier molecular flexibility index (Phi) is 3.75. The molecule has 1 heterocycles. The van der Waals surface area contributed by atoms with E-state index >= 15 is 0 Å². The highest BCUT2D eigenvalue weighted by molar-refractivity contribution is 5.34. The molecular formula is C14H17FN2. The molecule has 0 radical (unpaired) electrons. The summed E-state index contributed by atoms with van der Waals surface area (Å²) >= 11 is 0. The minimum absolute atomic E-state index is 0.146. The fourth-order valence-electron chi connectivity index (χ4n) is 2.44. The zero-order valence-corrected chi connectivity index (χ0v) is 10.1. The lowest BCUT2D eigenvalue weighted by Gasteiger charge is -2.30. The molecule has 1 aromatic rings. The molecule has 0 N–H and O–H groups in total. The Balaban J connectivity index is 2.06. The number of benzene rings is 1. The van der Waals surface area contributed by atoms with Gasteiger partial charge in [-0.15, -0.1) is 0 Å². The number of rotatable bonds is 2. The van der Waals surface area contributed by atoms with E-state index in [1.54, 1.807) is 12.1 Å². The minimum atomic E-state index is -0.428. The molecule has 0 spiro atoms. The Morgan fingerprint density at radius 1 is 1.53 bits per heavy atom. The van der Waals surface area contributed by atoms with E-state index in [0.29, 0.717) is 0 Å². The molecule has 1 aliphatic heterocycles. The predicted molar refractivity (Wildman–Crippen MR) is 64.8 cm³/mol. The van der Waals surface area contributed by atoms with Crippen molar-refractivity contribution in [2.75, 3.05) is 13.1 Å². The molecule has 0 aliphatic carbocycles. The van der Waals surface area contributed by atoms with Gasteiger partial charge in [0.15, 0.2) is 0 Å². The van der Waals surface area contributed by atoms with E-state index < -0.39 is 5.82 Å². The summed E-state index contributed by atoms with van der Waals surface area (Å²) in [5.41, 5.74) is 1.17. The van der Waals surface area contributed by atoms with Crippen LogP contribution in [-0.4, -0.2) is 18.0 Å². The predicted octanol–water partition coefficient (Wildman–Crippen LogP) is 2.93. The molecular weight excluding hydrogens is 215 g/mol. The van der Waals surface area contributed by atoms with Crippen LogP contribution >= 0.6 is 0 Å². The summed E-state index contributed by atoms with van der Waals surface area (Å²) in [6.45, 7) is 5.28. The van der Waals surface area contributed by atoms with Crippen LogP contribution in [0.4, 0.5) is 4.39 Å². The van der Waals surface area contributed by atoms with Crippen LogP contribution in [0.15, 0.2) is 18.2 Å². The second-order valence-electron chi connectivity index (χ2n) is 4.91. The van der Waals surface area contributed by atoms with E-state index in [9.17, 15) is 4.39 Å². The van der Waals surface area contributed by atoms with Crippen molar-refractivity contribution >= 4 is 0 Å². The molecule has 2 rings (SSSR count). The van der Waals surface area contributed by atoms with Crippen LogP contribution in [0.2, 0.25) is 0 Å². The van der Waals surface area contributed by atoms with Crippen molar-refractivity contribution in [2.45, 2.75) is 26.3 Å². The third-order valence-corrected chi connectivity index (χ3v) is 3.30. The van der Waals surface area contributed by atoms with Gasteiger partial charge in [-0.05, 0) is 43.0 Å². The second kappa shape index (κ2) is 5.29. The maximum absolute atomic E-state index is 13.2. The normalized spacial score (nSPS) is 21.1. The summed E-state index contributed by atoms with van der Waals surface area (Å²) in [4.78, 5) is 2.38. The molecule has 1 saturated heterocycles. The molecule has 1 aliphatic rings. The summed E-state index contributed by atoms with van der Waals surface area (Å²) in [5.74, 6) is 0.308. The number of nitriles is 1. The summed E-state index contributed by atoms with van der Waals surface area (Å²) in [5, 5.41) is 8.79. The maximum Gasteiger partial charge on any atom is 0.140 e. The largest absolute Gasteiger partial charge is 0.299 e. The van der Waals surface area contributed by atoms with Gasteiger partial charge < -0.3 is 0 Å². The van der Waals surface area contributed by atoms with Gasteiger partial charge in [-0.3, -0.25) is 4.90 Å². The lowest BCUT2D eigenvalue weighted by molar-refractivity contribution is 0.176. The first kappa shape index (κ1) is 12.1. The fourth-order valence-corrected chi connectivity index (χ4v) is 2.44. The van der Waals surface area contributed by atoms with Crippen molar-refractivity contribution in [3.63, 3.8) is 0 Å². The SMILES string of the molecule is CC1CCCN(Cc2ccc(F)c(C#N)c2)C1. The average molecular weight is 232 g/mol. The third-order valence-electron chi connectivity index (χ3n) is 3.30.